The van der Waals surface area contributed by atoms with Crippen molar-refractivity contribution < 1.29 is 19.4 Å². The minimum atomic E-state index is -1.17. The van der Waals surface area contributed by atoms with Crippen molar-refractivity contribution in [1.82, 2.24) is 10.3 Å². The molecule has 1 heterocycles. The maximum Gasteiger partial charge on any atom is 0.354 e. The third-order valence-electron chi connectivity index (χ3n) is 3.48. The van der Waals surface area contributed by atoms with E-state index < -0.39 is 17.4 Å². The van der Waals surface area contributed by atoms with Gasteiger partial charge in [-0.25, -0.2) is 9.78 Å². The van der Waals surface area contributed by atoms with Crippen LogP contribution in [0.1, 0.15) is 40.4 Å². The molecular weight excluding hydrogens is 308 g/mol. The highest BCUT2D eigenvalue weighted by atomic mass is 16.5. The molecule has 2 aromatic rings. The number of hydrogen-bond donors (Lipinski definition) is 2. The van der Waals surface area contributed by atoms with E-state index in [-0.39, 0.29) is 11.4 Å². The third-order valence-corrected chi connectivity index (χ3v) is 3.48. The van der Waals surface area contributed by atoms with Crippen LogP contribution in [0.4, 0.5) is 0 Å². The van der Waals surface area contributed by atoms with E-state index in [1.165, 1.54) is 18.2 Å². The molecule has 0 spiro atoms. The van der Waals surface area contributed by atoms with Gasteiger partial charge in [-0.2, -0.15) is 0 Å². The number of carbonyl (C=O) groups excluding carboxylic acids is 1. The summed E-state index contributed by atoms with van der Waals surface area (Å²) in [6.45, 7) is 3.77. The molecule has 0 aliphatic heterocycles. The van der Waals surface area contributed by atoms with Gasteiger partial charge in [0.15, 0.2) is 0 Å². The summed E-state index contributed by atoms with van der Waals surface area (Å²) >= 11 is 0. The zero-order valence-corrected chi connectivity index (χ0v) is 13.9. The largest absolute Gasteiger partial charge is 0.496 e. The Bertz CT molecular complexity index is 756. The molecule has 1 aromatic heterocycles. The standard InChI is InChI=1S/C18H20N2O4/c1-18(2,11-12-7-4-5-10-15(12)24-3)20-16(21)13-8-6-9-14(19-13)17(22)23/h4-10H,11H2,1-3H3,(H,20,21)(H,22,23). The fourth-order valence-electron chi connectivity index (χ4n) is 2.42. The second-order valence-electron chi connectivity index (χ2n) is 6.04. The van der Waals surface area contributed by atoms with Gasteiger partial charge in [0, 0.05) is 5.54 Å². The van der Waals surface area contributed by atoms with E-state index in [4.69, 9.17) is 9.84 Å². The van der Waals surface area contributed by atoms with Crippen molar-refractivity contribution >= 4 is 11.9 Å². The van der Waals surface area contributed by atoms with E-state index in [2.05, 4.69) is 10.3 Å². The lowest BCUT2D eigenvalue weighted by molar-refractivity contribution is 0.0690. The maximum atomic E-state index is 12.4. The zero-order valence-electron chi connectivity index (χ0n) is 13.9. The van der Waals surface area contributed by atoms with Crippen molar-refractivity contribution in [2.75, 3.05) is 7.11 Å². The quantitative estimate of drug-likeness (QED) is 0.851. The maximum absolute atomic E-state index is 12.4. The number of rotatable bonds is 6. The number of ether oxygens (including phenoxy) is 1. The predicted molar refractivity (Wildman–Crippen MR) is 89.4 cm³/mol. The van der Waals surface area contributed by atoms with Crippen LogP contribution in [0.5, 0.6) is 5.75 Å². The number of aromatic carboxylic acids is 1. The number of carboxylic acid groups (broad SMARTS) is 1. The first kappa shape index (κ1) is 17.5. The van der Waals surface area contributed by atoms with Crippen molar-refractivity contribution in [2.24, 2.45) is 0 Å². The second-order valence-corrected chi connectivity index (χ2v) is 6.04. The summed E-state index contributed by atoms with van der Waals surface area (Å²) in [5.41, 5.74) is 0.317. The summed E-state index contributed by atoms with van der Waals surface area (Å²) in [5, 5.41) is 11.9. The molecule has 0 saturated heterocycles. The Morgan fingerprint density at radius 2 is 1.79 bits per heavy atom. The van der Waals surface area contributed by atoms with Crippen LogP contribution in [0, 0.1) is 0 Å². The van der Waals surface area contributed by atoms with Gasteiger partial charge in [0.05, 0.1) is 7.11 Å². The number of carbonyl (C=O) groups is 2. The van der Waals surface area contributed by atoms with E-state index in [9.17, 15) is 9.59 Å². The molecule has 6 nitrogen and oxygen atoms in total. The number of pyridine rings is 1. The van der Waals surface area contributed by atoms with Gasteiger partial charge < -0.3 is 15.2 Å². The minimum Gasteiger partial charge on any atom is -0.496 e. The molecule has 0 atom stereocenters. The predicted octanol–water partition coefficient (Wildman–Crippen LogP) is 2.54. The first-order chi connectivity index (χ1) is 11.3. The van der Waals surface area contributed by atoms with Gasteiger partial charge in [-0.3, -0.25) is 4.79 Å². The summed E-state index contributed by atoms with van der Waals surface area (Å²) in [6.07, 6.45) is 0.557. The Hall–Kier alpha value is -2.89. The summed E-state index contributed by atoms with van der Waals surface area (Å²) in [4.78, 5) is 27.2. The molecule has 6 heteroatoms. The first-order valence-electron chi connectivity index (χ1n) is 7.47. The summed E-state index contributed by atoms with van der Waals surface area (Å²) in [7, 11) is 1.60. The molecule has 0 bridgehead atoms. The SMILES string of the molecule is COc1ccccc1CC(C)(C)NC(=O)c1cccc(C(=O)O)n1. The second kappa shape index (κ2) is 7.12. The van der Waals surface area contributed by atoms with Crippen molar-refractivity contribution in [2.45, 2.75) is 25.8 Å². The van der Waals surface area contributed by atoms with Gasteiger partial charge in [0.2, 0.25) is 0 Å². The van der Waals surface area contributed by atoms with E-state index in [1.54, 1.807) is 7.11 Å². The summed E-state index contributed by atoms with van der Waals surface area (Å²) < 4.78 is 5.33. The lowest BCUT2D eigenvalue weighted by atomic mass is 9.94. The normalized spacial score (nSPS) is 11.0. The molecule has 24 heavy (non-hydrogen) atoms. The highest BCUT2D eigenvalue weighted by Crippen LogP contribution is 2.22. The number of aromatic nitrogens is 1. The monoisotopic (exact) mass is 328 g/mol. The number of benzene rings is 1. The van der Waals surface area contributed by atoms with Crippen molar-refractivity contribution in [3.63, 3.8) is 0 Å². The molecule has 126 valence electrons. The Balaban J connectivity index is 2.15. The molecule has 1 aromatic carbocycles. The number of para-hydroxylation sites is 1. The van der Waals surface area contributed by atoms with E-state index in [0.29, 0.717) is 6.42 Å². The smallest absolute Gasteiger partial charge is 0.354 e. The Morgan fingerprint density at radius 1 is 1.12 bits per heavy atom. The highest BCUT2D eigenvalue weighted by Gasteiger charge is 2.24. The number of nitrogens with one attached hydrogen (secondary N) is 1. The van der Waals surface area contributed by atoms with Gasteiger partial charge in [-0.05, 0) is 44.0 Å². The van der Waals surface area contributed by atoms with Crippen LogP contribution in [0.3, 0.4) is 0 Å². The van der Waals surface area contributed by atoms with Gasteiger partial charge in [-0.15, -0.1) is 0 Å². The Labute approximate surface area is 140 Å². The lowest BCUT2D eigenvalue weighted by Gasteiger charge is -2.27. The van der Waals surface area contributed by atoms with E-state index >= 15 is 0 Å². The van der Waals surface area contributed by atoms with Crippen LogP contribution in [-0.4, -0.2) is 34.6 Å². The van der Waals surface area contributed by atoms with E-state index in [1.807, 2.05) is 38.1 Å². The molecule has 2 N–H and O–H groups in total. The van der Waals surface area contributed by atoms with Crippen LogP contribution in [-0.2, 0) is 6.42 Å². The minimum absolute atomic E-state index is 0.0722. The lowest BCUT2D eigenvalue weighted by Crippen LogP contribution is -2.45. The topological polar surface area (TPSA) is 88.5 Å². The first-order valence-corrected chi connectivity index (χ1v) is 7.47. The number of nitrogens with zero attached hydrogens (tertiary/aromatic N) is 1. The number of methoxy groups -OCH3 is 1. The fourth-order valence-corrected chi connectivity index (χ4v) is 2.42. The molecule has 0 aliphatic carbocycles. The van der Waals surface area contributed by atoms with Crippen LogP contribution in [0.15, 0.2) is 42.5 Å². The fraction of sp³-hybridized carbons (Fsp3) is 0.278. The van der Waals surface area contributed by atoms with Crippen LogP contribution < -0.4 is 10.1 Å². The van der Waals surface area contributed by atoms with Crippen LogP contribution >= 0.6 is 0 Å². The number of amides is 1. The molecule has 2 rings (SSSR count). The number of hydrogen-bond acceptors (Lipinski definition) is 4. The molecule has 0 aliphatic rings. The van der Waals surface area contributed by atoms with Gasteiger partial charge in [-0.1, -0.05) is 24.3 Å². The molecule has 0 saturated carbocycles. The Kier molecular flexibility index (Phi) is 5.18. The summed E-state index contributed by atoms with van der Waals surface area (Å²) in [5.74, 6) is -0.832. The van der Waals surface area contributed by atoms with Gasteiger partial charge >= 0.3 is 5.97 Å². The van der Waals surface area contributed by atoms with Crippen LogP contribution in [0.25, 0.3) is 0 Å². The molecule has 0 radical (unpaired) electrons. The van der Waals surface area contributed by atoms with E-state index in [0.717, 1.165) is 11.3 Å². The average molecular weight is 328 g/mol. The van der Waals surface area contributed by atoms with Gasteiger partial charge in [0.1, 0.15) is 17.1 Å². The van der Waals surface area contributed by atoms with Crippen molar-refractivity contribution in [3.05, 3.63) is 59.4 Å². The zero-order chi connectivity index (χ0) is 17.7. The average Bonchev–Trinajstić information content (AvgIpc) is 2.54. The molecular formula is C18H20N2O4. The molecule has 0 unspecified atom stereocenters. The van der Waals surface area contributed by atoms with Gasteiger partial charge in [0.25, 0.3) is 5.91 Å². The molecule has 1 amide bonds. The van der Waals surface area contributed by atoms with Crippen molar-refractivity contribution in [1.29, 1.82) is 0 Å². The van der Waals surface area contributed by atoms with Crippen molar-refractivity contribution in [3.8, 4) is 5.75 Å². The number of carboxylic acids is 1. The summed E-state index contributed by atoms with van der Waals surface area (Å²) in [6, 6.07) is 11.9. The molecule has 0 fully saturated rings. The Morgan fingerprint density at radius 3 is 2.46 bits per heavy atom. The van der Waals surface area contributed by atoms with Crippen LogP contribution in [0.2, 0.25) is 0 Å². The third kappa shape index (κ3) is 4.32. The highest BCUT2D eigenvalue weighted by molar-refractivity contribution is 5.94.